The average Bonchev–Trinajstić information content (AvgIpc) is 3.38. The molecule has 1 aliphatic heterocycles. The number of alkyl carbamates (subject to hydrolysis) is 2. The molecule has 21 nitrogen and oxygen atoms in total. The molecule has 2 aromatic carbocycles. The molecule has 3 N–H and O–H groups in total. The maximum absolute atomic E-state index is 11.9. The Morgan fingerprint density at radius 1 is 0.755 bits per heavy atom. The molecule has 0 saturated carbocycles. The Bertz CT molecular complexity index is 1780. The number of hydrogen-bond donors (Lipinski definition) is 3. The third-order valence-corrected chi connectivity index (χ3v) is 6.95. The van der Waals surface area contributed by atoms with Gasteiger partial charge in [0.1, 0.15) is 24.7 Å². The van der Waals surface area contributed by atoms with Crippen LogP contribution in [0.1, 0.15) is 48.9 Å². The van der Waals surface area contributed by atoms with Gasteiger partial charge in [-0.1, -0.05) is 5.06 Å². The summed E-state index contributed by atoms with van der Waals surface area (Å²) in [5, 5.41) is 35.9. The van der Waals surface area contributed by atoms with Gasteiger partial charge in [0.25, 0.3) is 23.2 Å². The molecule has 53 heavy (non-hydrogen) atoms. The second kappa shape index (κ2) is 19.6. The summed E-state index contributed by atoms with van der Waals surface area (Å²) in [5.74, 6) is -2.72. The number of nitrogens with one attached hydrogen (secondary N) is 2. The number of imide groups is 1. The zero-order chi connectivity index (χ0) is 40.0. The fourth-order valence-electron chi connectivity index (χ4n) is 4.44. The van der Waals surface area contributed by atoms with Crippen LogP contribution in [0.2, 0.25) is 0 Å². The minimum Gasteiger partial charge on any atom is -0.496 e. The molecule has 4 amide bonds. The number of carboxylic acid groups (broad SMARTS) is 1. The molecule has 2 atom stereocenters. The number of carboxylic acids is 1. The average molecular weight is 748 g/mol. The summed E-state index contributed by atoms with van der Waals surface area (Å²) in [5.41, 5.74) is 1.03. The Labute approximate surface area is 301 Å². The van der Waals surface area contributed by atoms with Crippen molar-refractivity contribution in [1.29, 1.82) is 0 Å². The lowest BCUT2D eigenvalue weighted by atomic mass is 10.1. The van der Waals surface area contributed by atoms with Gasteiger partial charge in [-0.25, -0.2) is 14.4 Å². The normalized spacial score (nSPS) is 12.8. The molecule has 0 fully saturated rings. The summed E-state index contributed by atoms with van der Waals surface area (Å²) < 4.78 is 20.1. The second-order valence-electron chi connectivity index (χ2n) is 11.2. The first-order valence-electron chi connectivity index (χ1n) is 15.4. The fraction of sp³-hybridized carbons (Fsp3) is 0.375. The molecular formula is C32H37N5O16. The van der Waals surface area contributed by atoms with E-state index in [0.29, 0.717) is 27.7 Å². The monoisotopic (exact) mass is 747 g/mol. The van der Waals surface area contributed by atoms with E-state index in [2.05, 4.69) is 15.5 Å². The quantitative estimate of drug-likeness (QED) is 0.134. The number of hydroxylamine groups is 2. The number of hydrogen-bond acceptors (Lipinski definition) is 15. The number of carbonyl (C=O) groups excluding carboxylic acids is 5. The highest BCUT2D eigenvalue weighted by atomic mass is 16.7. The van der Waals surface area contributed by atoms with Gasteiger partial charge in [-0.05, 0) is 51.0 Å². The summed E-state index contributed by atoms with van der Waals surface area (Å²) >= 11 is 0. The van der Waals surface area contributed by atoms with Gasteiger partial charge in [-0.15, -0.1) is 0 Å². The van der Waals surface area contributed by atoms with E-state index in [1.165, 1.54) is 52.3 Å². The SMILES string of the molecule is COc1cc(COC(=O)NC(C)CC(=O)O)c([N+](=O)[O-])cc1C.COc1cc(COC(=O)NC(C)CC(=O)ON2C(=O)C=CC2=O)c([N+](=O)[O-])cc1C. The number of aliphatic carboxylic acids is 1. The molecule has 1 heterocycles. The number of rotatable bonds is 15. The zero-order valence-corrected chi connectivity index (χ0v) is 29.4. The maximum atomic E-state index is 11.9. The molecule has 0 aromatic heterocycles. The molecule has 0 spiro atoms. The van der Waals surface area contributed by atoms with Crippen LogP contribution in [0.3, 0.4) is 0 Å². The Hall–Kier alpha value is -6.80. The van der Waals surface area contributed by atoms with E-state index in [-0.39, 0.29) is 42.0 Å². The number of nitrogens with zero attached hydrogens (tertiary/aromatic N) is 3. The molecule has 2 unspecified atom stereocenters. The van der Waals surface area contributed by atoms with Crippen molar-refractivity contribution in [2.45, 2.75) is 65.8 Å². The first-order chi connectivity index (χ1) is 24.9. The van der Waals surface area contributed by atoms with E-state index in [4.69, 9.17) is 24.1 Å². The van der Waals surface area contributed by atoms with Crippen LogP contribution in [0, 0.1) is 34.1 Å². The van der Waals surface area contributed by atoms with Gasteiger partial charge in [-0.2, -0.15) is 0 Å². The van der Waals surface area contributed by atoms with E-state index >= 15 is 0 Å². The molecule has 0 aliphatic carbocycles. The van der Waals surface area contributed by atoms with Crippen LogP contribution in [0.4, 0.5) is 21.0 Å². The summed E-state index contributed by atoms with van der Waals surface area (Å²) in [6.45, 7) is 5.54. The van der Waals surface area contributed by atoms with Crippen molar-refractivity contribution < 1.29 is 67.5 Å². The predicted octanol–water partition coefficient (Wildman–Crippen LogP) is 3.30. The van der Waals surface area contributed by atoms with E-state index < -0.39 is 64.5 Å². The molecule has 3 rings (SSSR count). The van der Waals surface area contributed by atoms with Crippen LogP contribution in [-0.2, 0) is 46.7 Å². The summed E-state index contributed by atoms with van der Waals surface area (Å²) in [7, 11) is 2.84. The lowest BCUT2D eigenvalue weighted by Crippen LogP contribution is -2.38. The highest BCUT2D eigenvalue weighted by molar-refractivity contribution is 6.12. The van der Waals surface area contributed by atoms with Crippen LogP contribution >= 0.6 is 0 Å². The van der Waals surface area contributed by atoms with Crippen LogP contribution in [0.15, 0.2) is 36.4 Å². The van der Waals surface area contributed by atoms with Crippen LogP contribution < -0.4 is 20.1 Å². The molecular weight excluding hydrogens is 710 g/mol. The number of amides is 4. The first-order valence-corrected chi connectivity index (χ1v) is 15.4. The second-order valence-corrected chi connectivity index (χ2v) is 11.2. The Kier molecular flexibility index (Phi) is 15.6. The van der Waals surface area contributed by atoms with Crippen molar-refractivity contribution >= 4 is 47.3 Å². The van der Waals surface area contributed by atoms with E-state index in [1.807, 2.05) is 0 Å². The van der Waals surface area contributed by atoms with Crippen LogP contribution in [-0.4, -0.2) is 82.3 Å². The van der Waals surface area contributed by atoms with Crippen molar-refractivity contribution in [3.63, 3.8) is 0 Å². The smallest absolute Gasteiger partial charge is 0.407 e. The number of ether oxygens (including phenoxy) is 4. The number of benzene rings is 2. The molecule has 21 heteroatoms. The minimum absolute atomic E-state index is 0.128. The molecule has 2 aromatic rings. The Morgan fingerprint density at radius 3 is 1.51 bits per heavy atom. The third-order valence-electron chi connectivity index (χ3n) is 6.95. The summed E-state index contributed by atoms with van der Waals surface area (Å²) in [6, 6.07) is 4.09. The number of nitro groups is 2. The summed E-state index contributed by atoms with van der Waals surface area (Å²) in [6.07, 6.45) is -0.494. The van der Waals surface area contributed by atoms with Gasteiger partial charge in [-0.3, -0.25) is 34.6 Å². The van der Waals surface area contributed by atoms with Crippen molar-refractivity contribution in [2.24, 2.45) is 0 Å². The number of carbonyl (C=O) groups is 6. The first kappa shape index (κ1) is 42.4. The van der Waals surface area contributed by atoms with Gasteiger partial charge >= 0.3 is 24.1 Å². The van der Waals surface area contributed by atoms with Gasteiger partial charge < -0.3 is 39.5 Å². The Morgan fingerprint density at radius 2 is 1.15 bits per heavy atom. The van der Waals surface area contributed by atoms with Gasteiger partial charge in [0.15, 0.2) is 0 Å². The number of nitro benzene ring substituents is 2. The molecule has 286 valence electrons. The standard InChI is InChI=1S/C18H19N3O9.C14H18N2O7/c1-10-6-13(21(26)27)12(8-14(10)28-3)9-29-18(25)19-11(2)7-17(24)30-20-15(22)4-5-16(20)23;1-8-4-11(16(20)21)10(6-12(8)22-3)7-23-14(19)15-9(2)5-13(17)18/h4-6,8,11H,7,9H2,1-3H3,(H,19,25);4,6,9H,5,7H2,1-3H3,(H,15,19)(H,17,18). The van der Waals surface area contributed by atoms with Crippen LogP contribution in [0.25, 0.3) is 0 Å². The Balaban J connectivity index is 0.000000381. The van der Waals surface area contributed by atoms with E-state index in [0.717, 1.165) is 12.2 Å². The minimum atomic E-state index is -1.06. The van der Waals surface area contributed by atoms with E-state index in [9.17, 15) is 49.0 Å². The molecule has 0 bridgehead atoms. The highest BCUT2D eigenvalue weighted by Gasteiger charge is 2.29. The summed E-state index contributed by atoms with van der Waals surface area (Å²) in [4.78, 5) is 94.3. The maximum Gasteiger partial charge on any atom is 0.407 e. The predicted molar refractivity (Wildman–Crippen MR) is 178 cm³/mol. The third kappa shape index (κ3) is 13.1. The molecule has 0 saturated heterocycles. The number of aryl methyl sites for hydroxylation is 2. The number of methoxy groups -OCH3 is 2. The topological polar surface area (TPSA) is 282 Å². The van der Waals surface area contributed by atoms with Crippen molar-refractivity contribution in [3.8, 4) is 11.5 Å². The molecule has 0 radical (unpaired) electrons. The molecule has 1 aliphatic rings. The fourth-order valence-corrected chi connectivity index (χ4v) is 4.44. The van der Waals surface area contributed by atoms with E-state index in [1.54, 1.807) is 13.8 Å². The van der Waals surface area contributed by atoms with Crippen molar-refractivity contribution in [2.75, 3.05) is 14.2 Å². The zero-order valence-electron chi connectivity index (χ0n) is 29.4. The largest absolute Gasteiger partial charge is 0.496 e. The van der Waals surface area contributed by atoms with Gasteiger partial charge in [0.05, 0.1) is 48.0 Å². The van der Waals surface area contributed by atoms with Gasteiger partial charge in [0, 0.05) is 36.4 Å². The van der Waals surface area contributed by atoms with Crippen molar-refractivity contribution in [1.82, 2.24) is 15.7 Å². The lowest BCUT2D eigenvalue weighted by Gasteiger charge is -2.16. The lowest BCUT2D eigenvalue weighted by molar-refractivity contribution is -0.386. The van der Waals surface area contributed by atoms with Crippen LogP contribution in [0.5, 0.6) is 11.5 Å². The van der Waals surface area contributed by atoms with Gasteiger partial charge in [0.2, 0.25) is 0 Å². The van der Waals surface area contributed by atoms with Crippen molar-refractivity contribution in [3.05, 3.63) is 78.9 Å². The highest BCUT2D eigenvalue weighted by Crippen LogP contribution is 2.30.